The summed E-state index contributed by atoms with van der Waals surface area (Å²) in [5, 5.41) is 2.89. The maximum Gasteiger partial charge on any atom is 0.227 e. The van der Waals surface area contributed by atoms with E-state index >= 15 is 0 Å². The van der Waals surface area contributed by atoms with Crippen LogP contribution in [0.25, 0.3) is 0 Å². The van der Waals surface area contributed by atoms with E-state index in [1.807, 2.05) is 0 Å². The van der Waals surface area contributed by atoms with Crippen molar-refractivity contribution in [2.75, 3.05) is 5.32 Å². The Morgan fingerprint density at radius 3 is 2.40 bits per heavy atom. The van der Waals surface area contributed by atoms with E-state index in [0.29, 0.717) is 17.7 Å². The summed E-state index contributed by atoms with van der Waals surface area (Å²) >= 11 is 0. The Kier molecular flexibility index (Phi) is 5.20. The molecule has 0 bridgehead atoms. The van der Waals surface area contributed by atoms with Crippen molar-refractivity contribution in [2.45, 2.75) is 36.0 Å². The molecule has 0 aliphatic heterocycles. The molecule has 2 atom stereocenters. The van der Waals surface area contributed by atoms with E-state index < -0.39 is 9.84 Å². The van der Waals surface area contributed by atoms with Crippen LogP contribution in [0.4, 0.5) is 5.69 Å². The van der Waals surface area contributed by atoms with Crippen LogP contribution in [0.3, 0.4) is 0 Å². The zero-order valence-electron chi connectivity index (χ0n) is 13.9. The molecule has 3 N–H and O–H groups in total. The lowest BCUT2D eigenvalue weighted by Crippen LogP contribution is -2.24. The fourth-order valence-electron chi connectivity index (χ4n) is 3.17. The Morgan fingerprint density at radius 1 is 1.04 bits per heavy atom. The Hall–Kier alpha value is -2.18. The number of benzene rings is 2. The number of nitrogens with two attached hydrogens (primary N) is 1. The van der Waals surface area contributed by atoms with Gasteiger partial charge in [0.2, 0.25) is 5.91 Å². The van der Waals surface area contributed by atoms with E-state index in [-0.39, 0.29) is 28.5 Å². The normalized spacial score (nSPS) is 20.4. The molecule has 5 nitrogen and oxygen atoms in total. The van der Waals surface area contributed by atoms with E-state index in [1.54, 1.807) is 54.6 Å². The molecule has 0 saturated heterocycles. The number of para-hydroxylation sites is 1. The molecule has 3 rings (SSSR count). The maximum atomic E-state index is 12.6. The highest BCUT2D eigenvalue weighted by molar-refractivity contribution is 7.90. The molecule has 1 amide bonds. The molecule has 2 unspecified atom stereocenters. The third-order valence-corrected chi connectivity index (χ3v) is 6.25. The van der Waals surface area contributed by atoms with Crippen molar-refractivity contribution in [3.8, 4) is 0 Å². The quantitative estimate of drug-likeness (QED) is 0.860. The van der Waals surface area contributed by atoms with Crippen LogP contribution in [-0.4, -0.2) is 20.4 Å². The number of nitrogens with one attached hydrogen (secondary N) is 1. The lowest BCUT2D eigenvalue weighted by Gasteiger charge is -2.14. The first kappa shape index (κ1) is 17.6. The predicted octanol–water partition coefficient (Wildman–Crippen LogP) is 2.73. The van der Waals surface area contributed by atoms with Crippen molar-refractivity contribution >= 4 is 21.4 Å². The monoisotopic (exact) mass is 358 g/mol. The lowest BCUT2D eigenvalue weighted by molar-refractivity contribution is -0.119. The summed E-state index contributed by atoms with van der Waals surface area (Å²) in [4.78, 5) is 12.7. The van der Waals surface area contributed by atoms with Crippen LogP contribution in [0.2, 0.25) is 0 Å². The molecule has 6 heteroatoms. The SMILES string of the molecule is NC1CCC(C(=O)Nc2ccccc2CS(=O)(=O)c2ccccc2)C1. The highest BCUT2D eigenvalue weighted by Gasteiger charge is 2.28. The van der Waals surface area contributed by atoms with Crippen LogP contribution >= 0.6 is 0 Å². The maximum absolute atomic E-state index is 12.6. The van der Waals surface area contributed by atoms with Crippen LogP contribution in [0.15, 0.2) is 59.5 Å². The summed E-state index contributed by atoms with van der Waals surface area (Å²) < 4.78 is 25.2. The number of rotatable bonds is 5. The highest BCUT2D eigenvalue weighted by atomic mass is 32.2. The summed E-state index contributed by atoms with van der Waals surface area (Å²) in [6.07, 6.45) is 2.30. The molecule has 0 radical (unpaired) electrons. The Labute approximate surface area is 148 Å². The molecule has 0 aromatic heterocycles. The van der Waals surface area contributed by atoms with Crippen LogP contribution < -0.4 is 11.1 Å². The van der Waals surface area contributed by atoms with E-state index in [0.717, 1.165) is 12.8 Å². The number of amides is 1. The number of sulfone groups is 1. The average molecular weight is 358 g/mol. The highest BCUT2D eigenvalue weighted by Crippen LogP contribution is 2.27. The molecular weight excluding hydrogens is 336 g/mol. The molecule has 25 heavy (non-hydrogen) atoms. The number of carbonyl (C=O) groups is 1. The third-order valence-electron chi connectivity index (χ3n) is 4.57. The van der Waals surface area contributed by atoms with Gasteiger partial charge in [0.15, 0.2) is 9.84 Å². The number of carbonyl (C=O) groups excluding carboxylic acids is 1. The van der Waals surface area contributed by atoms with E-state index in [4.69, 9.17) is 5.73 Å². The van der Waals surface area contributed by atoms with Gasteiger partial charge in [0, 0.05) is 17.6 Å². The number of hydrogen-bond donors (Lipinski definition) is 2. The summed E-state index contributed by atoms with van der Waals surface area (Å²) in [5.74, 6) is -0.344. The van der Waals surface area contributed by atoms with Gasteiger partial charge in [-0.1, -0.05) is 36.4 Å². The third kappa shape index (κ3) is 4.27. The molecule has 2 aromatic rings. The van der Waals surface area contributed by atoms with Crippen molar-refractivity contribution in [3.63, 3.8) is 0 Å². The smallest absolute Gasteiger partial charge is 0.227 e. The minimum absolute atomic E-state index is 0.0736. The predicted molar refractivity (Wildman–Crippen MR) is 97.7 cm³/mol. The van der Waals surface area contributed by atoms with E-state index in [2.05, 4.69) is 5.32 Å². The van der Waals surface area contributed by atoms with Crippen LogP contribution in [0, 0.1) is 5.92 Å². The molecule has 0 spiro atoms. The average Bonchev–Trinajstić information content (AvgIpc) is 3.04. The van der Waals surface area contributed by atoms with Crippen molar-refractivity contribution in [1.29, 1.82) is 0 Å². The van der Waals surface area contributed by atoms with Crippen molar-refractivity contribution in [3.05, 3.63) is 60.2 Å². The van der Waals surface area contributed by atoms with Crippen LogP contribution in [0.1, 0.15) is 24.8 Å². The van der Waals surface area contributed by atoms with Crippen molar-refractivity contribution < 1.29 is 13.2 Å². The summed E-state index contributed by atoms with van der Waals surface area (Å²) in [6.45, 7) is 0. The Bertz CT molecular complexity index is 850. The van der Waals surface area contributed by atoms with Crippen molar-refractivity contribution in [1.82, 2.24) is 0 Å². The van der Waals surface area contributed by atoms with Gasteiger partial charge >= 0.3 is 0 Å². The molecular formula is C19H22N2O3S. The molecule has 0 heterocycles. The van der Waals surface area contributed by atoms with Gasteiger partial charge in [0.05, 0.1) is 10.6 Å². The minimum atomic E-state index is -3.47. The van der Waals surface area contributed by atoms with Crippen LogP contribution in [0.5, 0.6) is 0 Å². The van der Waals surface area contributed by atoms with Gasteiger partial charge in [-0.3, -0.25) is 4.79 Å². The number of hydrogen-bond acceptors (Lipinski definition) is 4. The first-order valence-corrected chi connectivity index (χ1v) is 10.0. The molecule has 1 aliphatic rings. The first-order chi connectivity index (χ1) is 12.0. The van der Waals surface area contributed by atoms with Gasteiger partial charge < -0.3 is 11.1 Å². The first-order valence-electron chi connectivity index (χ1n) is 8.38. The molecule has 2 aromatic carbocycles. The standard InChI is InChI=1S/C19H22N2O3S/c20-16-11-10-14(12-16)19(22)21-18-9-5-4-6-15(18)13-25(23,24)17-7-2-1-3-8-17/h1-9,14,16H,10-13,20H2,(H,21,22). The minimum Gasteiger partial charge on any atom is -0.328 e. The molecule has 1 fully saturated rings. The van der Waals surface area contributed by atoms with Gasteiger partial charge in [-0.05, 0) is 43.0 Å². The topological polar surface area (TPSA) is 89.3 Å². The second-order valence-corrected chi connectivity index (χ2v) is 8.48. The summed E-state index contributed by atoms with van der Waals surface area (Å²) in [5.41, 5.74) is 7.01. The number of anilines is 1. The largest absolute Gasteiger partial charge is 0.328 e. The second kappa shape index (κ2) is 7.37. The zero-order valence-corrected chi connectivity index (χ0v) is 14.7. The van der Waals surface area contributed by atoms with Gasteiger partial charge in [0.1, 0.15) is 0 Å². The fourth-order valence-corrected chi connectivity index (χ4v) is 4.57. The van der Waals surface area contributed by atoms with Crippen LogP contribution in [-0.2, 0) is 20.4 Å². The van der Waals surface area contributed by atoms with E-state index in [1.165, 1.54) is 0 Å². The molecule has 1 aliphatic carbocycles. The van der Waals surface area contributed by atoms with Gasteiger partial charge in [0.25, 0.3) is 0 Å². The molecule has 132 valence electrons. The fraction of sp³-hybridized carbons (Fsp3) is 0.316. The van der Waals surface area contributed by atoms with E-state index in [9.17, 15) is 13.2 Å². The summed E-state index contributed by atoms with van der Waals surface area (Å²) in [7, 11) is -3.47. The van der Waals surface area contributed by atoms with Gasteiger partial charge in [-0.15, -0.1) is 0 Å². The lowest BCUT2D eigenvalue weighted by atomic mass is 10.1. The van der Waals surface area contributed by atoms with Gasteiger partial charge in [-0.2, -0.15) is 0 Å². The van der Waals surface area contributed by atoms with Crippen molar-refractivity contribution in [2.24, 2.45) is 11.7 Å². The zero-order chi connectivity index (χ0) is 17.9. The molecule has 1 saturated carbocycles. The Morgan fingerprint density at radius 2 is 1.72 bits per heavy atom. The summed E-state index contributed by atoms with van der Waals surface area (Å²) in [6, 6.07) is 15.4. The van der Waals surface area contributed by atoms with Gasteiger partial charge in [-0.25, -0.2) is 8.42 Å². The Balaban J connectivity index is 1.78. The second-order valence-electron chi connectivity index (χ2n) is 6.49.